The molecule has 1 amide bonds. The Morgan fingerprint density at radius 2 is 1.71 bits per heavy atom. The zero-order valence-corrected chi connectivity index (χ0v) is 13.2. The third kappa shape index (κ3) is 9.08. The number of unbranched alkanes of at least 4 members (excludes halogenated alkanes) is 4. The van der Waals surface area contributed by atoms with Crippen LogP contribution in [0.4, 0.5) is 5.69 Å². The largest absolute Gasteiger partial charge is 0.491 e. The zero-order valence-electron chi connectivity index (χ0n) is 13.2. The Morgan fingerprint density at radius 1 is 1.00 bits per heavy atom. The average Bonchev–Trinajstić information content (AvgIpc) is 2.47. The smallest absolute Gasteiger partial charge is 0.221 e. The number of carbonyl (C=O) groups excluding carboxylic acids is 1. The fraction of sp³-hybridized carbons (Fsp3) is 0.588. The van der Waals surface area contributed by atoms with Gasteiger partial charge >= 0.3 is 0 Å². The predicted octanol–water partition coefficient (Wildman–Crippen LogP) is 4.01. The van der Waals surface area contributed by atoms with Crippen LogP contribution in [-0.4, -0.2) is 25.7 Å². The van der Waals surface area contributed by atoms with E-state index >= 15 is 0 Å². The van der Waals surface area contributed by atoms with Gasteiger partial charge in [-0.1, -0.05) is 32.6 Å². The predicted molar refractivity (Wildman–Crippen MR) is 85.8 cm³/mol. The summed E-state index contributed by atoms with van der Waals surface area (Å²) in [4.78, 5) is 10.9. The first-order valence-electron chi connectivity index (χ1n) is 7.80. The van der Waals surface area contributed by atoms with Crippen molar-refractivity contribution in [3.8, 4) is 5.75 Å². The molecule has 1 rings (SSSR count). The van der Waals surface area contributed by atoms with Gasteiger partial charge in [-0.3, -0.25) is 4.79 Å². The van der Waals surface area contributed by atoms with E-state index in [4.69, 9.17) is 9.47 Å². The molecule has 1 N–H and O–H groups in total. The lowest BCUT2D eigenvalue weighted by atomic mass is 10.2. The maximum absolute atomic E-state index is 10.9. The van der Waals surface area contributed by atoms with E-state index in [0.717, 1.165) is 24.5 Å². The van der Waals surface area contributed by atoms with Gasteiger partial charge in [-0.05, 0) is 30.7 Å². The SMILES string of the molecule is CCCCCCCOCCOc1ccc(NC(C)=O)cc1. The standard InChI is InChI=1S/C17H27NO3/c1-3-4-5-6-7-12-20-13-14-21-17-10-8-16(9-11-17)18-15(2)19/h8-11H,3-7,12-14H2,1-2H3,(H,18,19). The van der Waals surface area contributed by atoms with Gasteiger partial charge in [0.1, 0.15) is 12.4 Å². The van der Waals surface area contributed by atoms with Gasteiger partial charge in [0.15, 0.2) is 0 Å². The van der Waals surface area contributed by atoms with Crippen LogP contribution in [0.2, 0.25) is 0 Å². The van der Waals surface area contributed by atoms with E-state index in [9.17, 15) is 4.79 Å². The number of amides is 1. The van der Waals surface area contributed by atoms with Crippen LogP contribution >= 0.6 is 0 Å². The minimum atomic E-state index is -0.0731. The Morgan fingerprint density at radius 3 is 2.38 bits per heavy atom. The molecule has 4 heteroatoms. The molecule has 0 fully saturated rings. The summed E-state index contributed by atoms with van der Waals surface area (Å²) in [5.41, 5.74) is 0.776. The van der Waals surface area contributed by atoms with Gasteiger partial charge in [0.2, 0.25) is 5.91 Å². The van der Waals surface area contributed by atoms with Gasteiger partial charge in [-0.2, -0.15) is 0 Å². The Hall–Kier alpha value is -1.55. The normalized spacial score (nSPS) is 10.4. The van der Waals surface area contributed by atoms with E-state index in [-0.39, 0.29) is 5.91 Å². The highest BCUT2D eigenvalue weighted by atomic mass is 16.5. The molecule has 4 nitrogen and oxygen atoms in total. The molecule has 0 aliphatic rings. The lowest BCUT2D eigenvalue weighted by Gasteiger charge is -2.08. The summed E-state index contributed by atoms with van der Waals surface area (Å²) < 4.78 is 11.1. The highest BCUT2D eigenvalue weighted by molar-refractivity contribution is 5.88. The first kappa shape index (κ1) is 17.5. The van der Waals surface area contributed by atoms with Crippen LogP contribution in [0.1, 0.15) is 46.0 Å². The summed E-state index contributed by atoms with van der Waals surface area (Å²) in [5.74, 6) is 0.714. The molecule has 0 atom stereocenters. The summed E-state index contributed by atoms with van der Waals surface area (Å²) in [5, 5.41) is 2.72. The van der Waals surface area contributed by atoms with Crippen LogP contribution in [-0.2, 0) is 9.53 Å². The van der Waals surface area contributed by atoms with Gasteiger partial charge in [-0.15, -0.1) is 0 Å². The Bertz CT molecular complexity index is 390. The molecule has 0 saturated carbocycles. The molecule has 0 radical (unpaired) electrons. The molecule has 0 spiro atoms. The number of nitrogens with one attached hydrogen (secondary N) is 1. The van der Waals surface area contributed by atoms with Crippen LogP contribution in [0.15, 0.2) is 24.3 Å². The minimum Gasteiger partial charge on any atom is -0.491 e. The van der Waals surface area contributed by atoms with E-state index in [1.807, 2.05) is 24.3 Å². The fourth-order valence-corrected chi connectivity index (χ4v) is 1.97. The van der Waals surface area contributed by atoms with Crippen LogP contribution < -0.4 is 10.1 Å². The molecule has 21 heavy (non-hydrogen) atoms. The molecule has 0 saturated heterocycles. The molecule has 1 aromatic rings. The second-order valence-electron chi connectivity index (χ2n) is 5.08. The molecule has 0 aliphatic carbocycles. The maximum Gasteiger partial charge on any atom is 0.221 e. The van der Waals surface area contributed by atoms with Crippen molar-refractivity contribution in [3.05, 3.63) is 24.3 Å². The number of benzene rings is 1. The number of anilines is 1. The van der Waals surface area contributed by atoms with Crippen molar-refractivity contribution in [1.82, 2.24) is 0 Å². The molecule has 0 aliphatic heterocycles. The Kier molecular flexibility index (Phi) is 9.29. The molecule has 0 heterocycles. The summed E-state index contributed by atoms with van der Waals surface area (Å²) in [6.07, 6.45) is 6.27. The van der Waals surface area contributed by atoms with Crippen molar-refractivity contribution in [1.29, 1.82) is 0 Å². The van der Waals surface area contributed by atoms with E-state index in [2.05, 4.69) is 12.2 Å². The van der Waals surface area contributed by atoms with E-state index in [0.29, 0.717) is 13.2 Å². The van der Waals surface area contributed by atoms with E-state index in [1.54, 1.807) is 0 Å². The molecule has 0 unspecified atom stereocenters. The molecule has 0 aromatic heterocycles. The number of hydrogen-bond acceptors (Lipinski definition) is 3. The molecule has 0 bridgehead atoms. The minimum absolute atomic E-state index is 0.0731. The Labute approximate surface area is 127 Å². The van der Waals surface area contributed by atoms with Crippen LogP contribution in [0, 0.1) is 0 Å². The number of hydrogen-bond donors (Lipinski definition) is 1. The molecule has 118 valence electrons. The van der Waals surface area contributed by atoms with Crippen molar-refractivity contribution < 1.29 is 14.3 Å². The second kappa shape index (κ2) is 11.1. The van der Waals surface area contributed by atoms with Gasteiger partial charge < -0.3 is 14.8 Å². The lowest BCUT2D eigenvalue weighted by Crippen LogP contribution is -2.08. The summed E-state index contributed by atoms with van der Waals surface area (Å²) >= 11 is 0. The van der Waals surface area contributed by atoms with Crippen LogP contribution in [0.3, 0.4) is 0 Å². The maximum atomic E-state index is 10.9. The lowest BCUT2D eigenvalue weighted by molar-refractivity contribution is -0.114. The fourth-order valence-electron chi connectivity index (χ4n) is 1.97. The summed E-state index contributed by atoms with van der Waals surface area (Å²) in [7, 11) is 0. The van der Waals surface area contributed by atoms with E-state index in [1.165, 1.54) is 32.6 Å². The first-order valence-corrected chi connectivity index (χ1v) is 7.80. The van der Waals surface area contributed by atoms with Gasteiger partial charge in [0, 0.05) is 19.2 Å². The molecular weight excluding hydrogens is 266 g/mol. The third-order valence-corrected chi connectivity index (χ3v) is 3.06. The third-order valence-electron chi connectivity index (χ3n) is 3.06. The number of ether oxygens (including phenoxy) is 2. The first-order chi connectivity index (χ1) is 10.2. The van der Waals surface area contributed by atoms with Gasteiger partial charge in [0.25, 0.3) is 0 Å². The van der Waals surface area contributed by atoms with Crippen molar-refractivity contribution >= 4 is 11.6 Å². The Balaban J connectivity index is 2.03. The molecule has 1 aromatic carbocycles. The van der Waals surface area contributed by atoms with Gasteiger partial charge in [-0.25, -0.2) is 0 Å². The molecular formula is C17H27NO3. The number of rotatable bonds is 11. The average molecular weight is 293 g/mol. The second-order valence-corrected chi connectivity index (χ2v) is 5.08. The number of carbonyl (C=O) groups is 1. The van der Waals surface area contributed by atoms with Crippen molar-refractivity contribution in [3.63, 3.8) is 0 Å². The van der Waals surface area contributed by atoms with Crippen LogP contribution in [0.25, 0.3) is 0 Å². The van der Waals surface area contributed by atoms with E-state index < -0.39 is 0 Å². The topological polar surface area (TPSA) is 47.6 Å². The zero-order chi connectivity index (χ0) is 15.3. The van der Waals surface area contributed by atoms with Crippen molar-refractivity contribution in [2.45, 2.75) is 46.0 Å². The van der Waals surface area contributed by atoms with Crippen molar-refractivity contribution in [2.75, 3.05) is 25.1 Å². The monoisotopic (exact) mass is 293 g/mol. The quantitative estimate of drug-likeness (QED) is 0.627. The highest BCUT2D eigenvalue weighted by Gasteiger charge is 1.97. The highest BCUT2D eigenvalue weighted by Crippen LogP contribution is 2.15. The van der Waals surface area contributed by atoms with Crippen molar-refractivity contribution in [2.24, 2.45) is 0 Å². The van der Waals surface area contributed by atoms with Crippen LogP contribution in [0.5, 0.6) is 5.75 Å². The van der Waals surface area contributed by atoms with Gasteiger partial charge in [0.05, 0.1) is 6.61 Å². The summed E-state index contributed by atoms with van der Waals surface area (Å²) in [6, 6.07) is 7.34. The summed E-state index contributed by atoms with van der Waals surface area (Å²) in [6.45, 7) is 5.69.